The first-order valence-corrected chi connectivity index (χ1v) is 6.95. The molecule has 0 saturated heterocycles. The Labute approximate surface area is 120 Å². The predicted octanol–water partition coefficient (Wildman–Crippen LogP) is 3.41. The second-order valence-electron chi connectivity index (χ2n) is 5.36. The highest BCUT2D eigenvalue weighted by Gasteiger charge is 2.30. The van der Waals surface area contributed by atoms with E-state index in [0.717, 1.165) is 19.3 Å². The zero-order valence-electron chi connectivity index (χ0n) is 12.3. The van der Waals surface area contributed by atoms with Crippen molar-refractivity contribution in [1.82, 2.24) is 0 Å². The van der Waals surface area contributed by atoms with E-state index in [9.17, 15) is 5.26 Å². The van der Waals surface area contributed by atoms with Gasteiger partial charge in [0.2, 0.25) is 0 Å². The largest absolute Gasteiger partial charge is 0.496 e. The quantitative estimate of drug-likeness (QED) is 0.845. The molecule has 0 aromatic heterocycles. The maximum Gasteiger partial charge on any atom is 0.127 e. The van der Waals surface area contributed by atoms with Gasteiger partial charge >= 0.3 is 0 Å². The van der Waals surface area contributed by atoms with Crippen LogP contribution in [-0.4, -0.2) is 20.3 Å². The third-order valence-electron chi connectivity index (χ3n) is 3.83. The van der Waals surface area contributed by atoms with Crippen LogP contribution < -0.4 is 14.2 Å². The average molecular weight is 275 g/mol. The van der Waals surface area contributed by atoms with Crippen molar-refractivity contribution in [2.24, 2.45) is 11.8 Å². The van der Waals surface area contributed by atoms with E-state index in [0.29, 0.717) is 23.2 Å². The summed E-state index contributed by atoms with van der Waals surface area (Å²) in [5.41, 5.74) is 0. The molecule has 1 aromatic carbocycles. The summed E-state index contributed by atoms with van der Waals surface area (Å²) in [5, 5.41) is 9.25. The summed E-state index contributed by atoms with van der Waals surface area (Å²) in [6.07, 6.45) is 2.86. The van der Waals surface area contributed by atoms with E-state index in [2.05, 4.69) is 13.0 Å². The van der Waals surface area contributed by atoms with Crippen LogP contribution in [0, 0.1) is 23.2 Å². The van der Waals surface area contributed by atoms with Crippen LogP contribution in [0.3, 0.4) is 0 Å². The van der Waals surface area contributed by atoms with E-state index in [1.807, 2.05) is 12.1 Å². The first-order valence-electron chi connectivity index (χ1n) is 6.95. The van der Waals surface area contributed by atoms with Crippen LogP contribution in [0.25, 0.3) is 0 Å². The van der Waals surface area contributed by atoms with Gasteiger partial charge in [0.15, 0.2) is 0 Å². The lowest BCUT2D eigenvalue weighted by atomic mass is 9.81. The number of methoxy groups -OCH3 is 2. The second-order valence-corrected chi connectivity index (χ2v) is 5.36. The first-order chi connectivity index (χ1) is 9.66. The van der Waals surface area contributed by atoms with Gasteiger partial charge in [0.05, 0.1) is 26.2 Å². The van der Waals surface area contributed by atoms with Crippen molar-refractivity contribution < 1.29 is 14.2 Å². The number of nitriles is 1. The molecule has 20 heavy (non-hydrogen) atoms. The SMILES string of the molecule is COc1cc(OC)cc(OC2CC(C)CCC2C#N)c1. The van der Waals surface area contributed by atoms with Crippen molar-refractivity contribution in [3.05, 3.63) is 18.2 Å². The van der Waals surface area contributed by atoms with Crippen LogP contribution in [0.2, 0.25) is 0 Å². The number of benzene rings is 1. The number of rotatable bonds is 4. The molecule has 0 amide bonds. The lowest BCUT2D eigenvalue weighted by Crippen LogP contribution is -2.32. The molecule has 0 spiro atoms. The van der Waals surface area contributed by atoms with Gasteiger partial charge in [0, 0.05) is 18.2 Å². The minimum atomic E-state index is -0.0550. The third kappa shape index (κ3) is 3.36. The Balaban J connectivity index is 2.17. The van der Waals surface area contributed by atoms with E-state index in [1.54, 1.807) is 20.3 Å². The minimum Gasteiger partial charge on any atom is -0.496 e. The molecule has 2 rings (SSSR count). The van der Waals surface area contributed by atoms with Crippen LogP contribution in [0.1, 0.15) is 26.2 Å². The predicted molar refractivity (Wildman–Crippen MR) is 76.1 cm³/mol. The molecular weight excluding hydrogens is 254 g/mol. The summed E-state index contributed by atoms with van der Waals surface area (Å²) >= 11 is 0. The molecule has 108 valence electrons. The topological polar surface area (TPSA) is 51.5 Å². The van der Waals surface area contributed by atoms with Crippen LogP contribution in [0.5, 0.6) is 17.2 Å². The van der Waals surface area contributed by atoms with Crippen LogP contribution in [0.15, 0.2) is 18.2 Å². The number of hydrogen-bond donors (Lipinski definition) is 0. The summed E-state index contributed by atoms with van der Waals surface area (Å²) in [5.74, 6) is 2.63. The zero-order chi connectivity index (χ0) is 14.5. The van der Waals surface area contributed by atoms with Crippen LogP contribution >= 0.6 is 0 Å². The fourth-order valence-corrected chi connectivity index (χ4v) is 2.63. The van der Waals surface area contributed by atoms with Crippen molar-refractivity contribution in [3.8, 4) is 23.3 Å². The Morgan fingerprint density at radius 1 is 1.05 bits per heavy atom. The highest BCUT2D eigenvalue weighted by atomic mass is 16.5. The lowest BCUT2D eigenvalue weighted by molar-refractivity contribution is 0.0951. The Bertz CT molecular complexity index is 473. The average Bonchev–Trinajstić information content (AvgIpc) is 2.47. The van der Waals surface area contributed by atoms with Gasteiger partial charge in [-0.2, -0.15) is 5.26 Å². The Kier molecular flexibility index (Phi) is 4.73. The van der Waals surface area contributed by atoms with Crippen molar-refractivity contribution in [2.45, 2.75) is 32.3 Å². The lowest BCUT2D eigenvalue weighted by Gasteiger charge is -2.31. The highest BCUT2D eigenvalue weighted by molar-refractivity contribution is 5.42. The maximum atomic E-state index is 9.25. The number of ether oxygens (including phenoxy) is 3. The molecular formula is C16H21NO3. The first kappa shape index (κ1) is 14.5. The molecule has 1 fully saturated rings. The molecule has 4 nitrogen and oxygen atoms in total. The van der Waals surface area contributed by atoms with E-state index >= 15 is 0 Å². The van der Waals surface area contributed by atoms with Gasteiger partial charge in [-0.15, -0.1) is 0 Å². The van der Waals surface area contributed by atoms with E-state index < -0.39 is 0 Å². The van der Waals surface area contributed by atoms with Gasteiger partial charge in [-0.3, -0.25) is 0 Å². The monoisotopic (exact) mass is 275 g/mol. The summed E-state index contributed by atoms with van der Waals surface area (Å²) in [6, 6.07) is 7.83. The maximum absolute atomic E-state index is 9.25. The van der Waals surface area contributed by atoms with Crippen molar-refractivity contribution in [3.63, 3.8) is 0 Å². The molecule has 0 aliphatic heterocycles. The van der Waals surface area contributed by atoms with Gasteiger partial charge in [-0.05, 0) is 25.2 Å². The number of nitrogens with zero attached hydrogens (tertiary/aromatic N) is 1. The fraction of sp³-hybridized carbons (Fsp3) is 0.562. The van der Waals surface area contributed by atoms with Crippen LogP contribution in [-0.2, 0) is 0 Å². The van der Waals surface area contributed by atoms with Gasteiger partial charge in [-0.1, -0.05) is 6.92 Å². The molecule has 3 unspecified atom stereocenters. The smallest absolute Gasteiger partial charge is 0.127 e. The molecule has 0 radical (unpaired) electrons. The fourth-order valence-electron chi connectivity index (χ4n) is 2.63. The Morgan fingerprint density at radius 2 is 1.65 bits per heavy atom. The van der Waals surface area contributed by atoms with E-state index in [-0.39, 0.29) is 12.0 Å². The molecule has 3 atom stereocenters. The van der Waals surface area contributed by atoms with E-state index in [1.165, 1.54) is 0 Å². The standard InChI is InChI=1S/C16H21NO3/c1-11-4-5-12(10-17)16(6-11)20-15-8-13(18-2)7-14(9-15)19-3/h7-9,11-12,16H,4-6H2,1-3H3. The summed E-state index contributed by atoms with van der Waals surface area (Å²) in [7, 11) is 3.22. The third-order valence-corrected chi connectivity index (χ3v) is 3.83. The molecule has 0 N–H and O–H groups in total. The van der Waals surface area contributed by atoms with Crippen molar-refractivity contribution in [2.75, 3.05) is 14.2 Å². The van der Waals surface area contributed by atoms with Gasteiger partial charge in [-0.25, -0.2) is 0 Å². The van der Waals surface area contributed by atoms with Crippen molar-refractivity contribution in [1.29, 1.82) is 5.26 Å². The van der Waals surface area contributed by atoms with Gasteiger partial charge in [0.25, 0.3) is 0 Å². The highest BCUT2D eigenvalue weighted by Crippen LogP contribution is 2.34. The molecule has 0 bridgehead atoms. The van der Waals surface area contributed by atoms with Gasteiger partial charge in [0.1, 0.15) is 23.4 Å². The van der Waals surface area contributed by atoms with Crippen LogP contribution in [0.4, 0.5) is 0 Å². The summed E-state index contributed by atoms with van der Waals surface area (Å²) in [6.45, 7) is 2.20. The molecule has 0 heterocycles. The summed E-state index contributed by atoms with van der Waals surface area (Å²) in [4.78, 5) is 0. The molecule has 1 aliphatic rings. The van der Waals surface area contributed by atoms with Gasteiger partial charge < -0.3 is 14.2 Å². The van der Waals surface area contributed by atoms with E-state index in [4.69, 9.17) is 14.2 Å². The Hall–Kier alpha value is -1.89. The Morgan fingerprint density at radius 3 is 2.20 bits per heavy atom. The zero-order valence-corrected chi connectivity index (χ0v) is 12.3. The molecule has 4 heteroatoms. The molecule has 1 aliphatic carbocycles. The normalized spacial score (nSPS) is 25.6. The molecule has 1 saturated carbocycles. The summed E-state index contributed by atoms with van der Waals surface area (Å²) < 4.78 is 16.5. The number of hydrogen-bond acceptors (Lipinski definition) is 4. The second kappa shape index (κ2) is 6.51. The van der Waals surface area contributed by atoms with Crippen molar-refractivity contribution >= 4 is 0 Å². The molecule has 1 aromatic rings. The minimum absolute atomic E-state index is 0.0385.